The summed E-state index contributed by atoms with van der Waals surface area (Å²) in [6.07, 6.45) is 3.19. The summed E-state index contributed by atoms with van der Waals surface area (Å²) >= 11 is 0. The molecule has 2 aromatic carbocycles. The van der Waals surface area contributed by atoms with Crippen molar-refractivity contribution < 1.29 is 19.1 Å². The molecule has 0 unspecified atom stereocenters. The number of aromatic carboxylic acids is 1. The van der Waals surface area contributed by atoms with E-state index in [0.717, 1.165) is 64.2 Å². The molecule has 0 radical (unpaired) electrons. The average Bonchev–Trinajstić information content (AvgIpc) is 3.33. The first kappa shape index (κ1) is 28.0. The average molecular weight is 538 g/mol. The fourth-order valence-corrected chi connectivity index (χ4v) is 5.91. The summed E-state index contributed by atoms with van der Waals surface area (Å²) in [7, 11) is 0. The number of piperidine rings is 1. The largest absolute Gasteiger partial charge is 0.478 e. The van der Waals surface area contributed by atoms with Crippen molar-refractivity contribution in [2.24, 2.45) is 0 Å². The number of halogens is 1. The van der Waals surface area contributed by atoms with Crippen LogP contribution in [0.1, 0.15) is 66.4 Å². The number of hydrogen-bond donors (Lipinski definition) is 1. The van der Waals surface area contributed by atoms with E-state index in [1.807, 2.05) is 13.8 Å². The molecule has 2 aliphatic heterocycles. The van der Waals surface area contributed by atoms with Crippen molar-refractivity contribution in [2.45, 2.75) is 51.5 Å². The van der Waals surface area contributed by atoms with Gasteiger partial charge in [-0.1, -0.05) is 19.1 Å². The fourth-order valence-electron chi connectivity index (χ4n) is 5.91. The highest BCUT2D eigenvalue weighted by Gasteiger charge is 2.35. The smallest absolute Gasteiger partial charge is 0.339 e. The quantitative estimate of drug-likeness (QED) is 0.437. The second kappa shape index (κ2) is 11.4. The molecule has 0 aliphatic carbocycles. The number of nitrogens with zero attached hydrogens (tertiary/aromatic N) is 3. The van der Waals surface area contributed by atoms with E-state index in [9.17, 15) is 15.2 Å². The molecular formula is C30H36ClN3O4. The summed E-state index contributed by atoms with van der Waals surface area (Å²) in [6.45, 7) is 11.9. The molecule has 0 atom stereocenters. The SMILES string of the molecule is CCc1ccc(C(C)(C)c2oc3cc(C#N)ccc3c2C(=O)O)cc1N1CCC(N2CCOCC2)CC1.Cl. The van der Waals surface area contributed by atoms with Crippen molar-refractivity contribution in [3.63, 3.8) is 0 Å². The van der Waals surface area contributed by atoms with Crippen molar-refractivity contribution in [3.8, 4) is 6.07 Å². The number of nitriles is 1. The molecule has 7 nitrogen and oxygen atoms in total. The van der Waals surface area contributed by atoms with Crippen LogP contribution in [0.2, 0.25) is 0 Å². The summed E-state index contributed by atoms with van der Waals surface area (Å²) < 4.78 is 11.7. The zero-order valence-electron chi connectivity index (χ0n) is 22.3. The minimum absolute atomic E-state index is 0. The van der Waals surface area contributed by atoms with Gasteiger partial charge in [0.25, 0.3) is 0 Å². The third-order valence-electron chi connectivity index (χ3n) is 8.16. The summed E-state index contributed by atoms with van der Waals surface area (Å²) in [5, 5.41) is 19.9. The van der Waals surface area contributed by atoms with Crippen LogP contribution in [0.3, 0.4) is 0 Å². The number of carbonyl (C=O) groups is 1. The molecule has 1 N–H and O–H groups in total. The number of aryl methyl sites for hydroxylation is 1. The number of carboxylic acids is 1. The van der Waals surface area contributed by atoms with Gasteiger partial charge in [0.1, 0.15) is 16.9 Å². The maximum atomic E-state index is 12.4. The lowest BCUT2D eigenvalue weighted by atomic mass is 9.79. The van der Waals surface area contributed by atoms with E-state index in [1.54, 1.807) is 18.2 Å². The van der Waals surface area contributed by atoms with Crippen LogP contribution in [-0.4, -0.2) is 61.4 Å². The van der Waals surface area contributed by atoms with Crippen molar-refractivity contribution >= 4 is 35.0 Å². The van der Waals surface area contributed by atoms with Crippen LogP contribution < -0.4 is 4.90 Å². The minimum Gasteiger partial charge on any atom is -0.478 e. The van der Waals surface area contributed by atoms with Gasteiger partial charge in [-0.15, -0.1) is 12.4 Å². The number of ether oxygens (including phenoxy) is 1. The Bertz CT molecular complexity index is 1350. The number of hydrogen-bond acceptors (Lipinski definition) is 6. The Balaban J connectivity index is 0.00000336. The van der Waals surface area contributed by atoms with Gasteiger partial charge in [-0.05, 0) is 68.5 Å². The Morgan fingerprint density at radius 3 is 2.45 bits per heavy atom. The van der Waals surface area contributed by atoms with Gasteiger partial charge < -0.3 is 19.2 Å². The zero-order valence-corrected chi connectivity index (χ0v) is 23.1. The highest BCUT2D eigenvalue weighted by molar-refractivity contribution is 6.04. The molecule has 202 valence electrons. The fraction of sp³-hybridized carbons (Fsp3) is 0.467. The van der Waals surface area contributed by atoms with Crippen LogP contribution >= 0.6 is 12.4 Å². The van der Waals surface area contributed by atoms with E-state index in [4.69, 9.17) is 9.15 Å². The van der Waals surface area contributed by atoms with Crippen molar-refractivity contribution in [1.29, 1.82) is 5.26 Å². The standard InChI is InChI=1S/C30H35N3O4.ClH/c1-4-21-6-7-22(18-25(21)33-11-9-23(10-12-33)32-13-15-36-16-14-32)30(2,3)28-27(29(34)35)24-8-5-20(19-31)17-26(24)37-28;/h5-8,17-18,23H,4,9-16H2,1-3H3,(H,34,35);1H. The van der Waals surface area contributed by atoms with Crippen LogP contribution in [0.4, 0.5) is 5.69 Å². The molecule has 0 spiro atoms. The molecule has 8 heteroatoms. The third-order valence-corrected chi connectivity index (χ3v) is 8.16. The van der Waals surface area contributed by atoms with Gasteiger partial charge >= 0.3 is 5.97 Å². The summed E-state index contributed by atoms with van der Waals surface area (Å²) in [5.41, 5.74) is 3.88. The molecule has 0 bridgehead atoms. The van der Waals surface area contributed by atoms with Gasteiger partial charge in [0, 0.05) is 48.7 Å². The summed E-state index contributed by atoms with van der Waals surface area (Å²) in [4.78, 5) is 17.4. The van der Waals surface area contributed by atoms with Crippen LogP contribution in [-0.2, 0) is 16.6 Å². The zero-order chi connectivity index (χ0) is 26.2. The van der Waals surface area contributed by atoms with Gasteiger partial charge in [-0.2, -0.15) is 5.26 Å². The molecule has 38 heavy (non-hydrogen) atoms. The Kier molecular flexibility index (Phi) is 8.37. The predicted molar refractivity (Wildman–Crippen MR) is 151 cm³/mol. The van der Waals surface area contributed by atoms with E-state index in [2.05, 4.69) is 41.0 Å². The molecule has 3 heterocycles. The molecule has 2 aliphatic rings. The number of carboxylic acid groups (broad SMARTS) is 1. The second-order valence-corrected chi connectivity index (χ2v) is 10.6. The van der Waals surface area contributed by atoms with Crippen molar-refractivity contribution in [3.05, 3.63) is 64.4 Å². The predicted octanol–water partition coefficient (Wildman–Crippen LogP) is 5.61. The van der Waals surface area contributed by atoms with Crippen LogP contribution in [0.15, 0.2) is 40.8 Å². The van der Waals surface area contributed by atoms with E-state index in [1.165, 1.54) is 11.3 Å². The molecule has 2 fully saturated rings. The summed E-state index contributed by atoms with van der Waals surface area (Å²) in [5.74, 6) is -0.617. The Morgan fingerprint density at radius 1 is 1.11 bits per heavy atom. The number of furan rings is 1. The van der Waals surface area contributed by atoms with Gasteiger partial charge in [0.05, 0.1) is 24.8 Å². The normalized spacial score (nSPS) is 17.3. The third kappa shape index (κ3) is 5.13. The molecule has 0 saturated carbocycles. The van der Waals surface area contributed by atoms with Crippen LogP contribution in [0.5, 0.6) is 0 Å². The van der Waals surface area contributed by atoms with Gasteiger partial charge in [0.15, 0.2) is 0 Å². The Hall–Kier alpha value is -3.05. The minimum atomic E-state index is -1.03. The number of rotatable bonds is 6. The number of anilines is 1. The van der Waals surface area contributed by atoms with Crippen molar-refractivity contribution in [1.82, 2.24) is 4.90 Å². The number of benzene rings is 2. The molecular weight excluding hydrogens is 502 g/mol. The Morgan fingerprint density at radius 2 is 1.82 bits per heavy atom. The lowest BCUT2D eigenvalue weighted by Crippen LogP contribution is -2.49. The lowest BCUT2D eigenvalue weighted by Gasteiger charge is -2.41. The number of morpholine rings is 1. The maximum Gasteiger partial charge on any atom is 0.339 e. The Labute approximate surface area is 230 Å². The molecule has 5 rings (SSSR count). The highest BCUT2D eigenvalue weighted by atomic mass is 35.5. The highest BCUT2D eigenvalue weighted by Crippen LogP contribution is 2.41. The van der Waals surface area contributed by atoms with Gasteiger partial charge in [-0.25, -0.2) is 4.79 Å². The van der Waals surface area contributed by atoms with E-state index >= 15 is 0 Å². The summed E-state index contributed by atoms with van der Waals surface area (Å²) in [6, 6.07) is 14.1. The molecule has 0 amide bonds. The lowest BCUT2D eigenvalue weighted by molar-refractivity contribution is 0.0115. The van der Waals surface area contributed by atoms with Gasteiger partial charge in [-0.3, -0.25) is 4.90 Å². The van der Waals surface area contributed by atoms with E-state index < -0.39 is 11.4 Å². The first-order valence-electron chi connectivity index (χ1n) is 13.2. The molecule has 1 aromatic heterocycles. The van der Waals surface area contributed by atoms with Crippen LogP contribution in [0.25, 0.3) is 11.0 Å². The van der Waals surface area contributed by atoms with E-state index in [-0.39, 0.29) is 18.0 Å². The molecule has 2 saturated heterocycles. The monoisotopic (exact) mass is 537 g/mol. The topological polar surface area (TPSA) is 89.9 Å². The van der Waals surface area contributed by atoms with Crippen molar-refractivity contribution in [2.75, 3.05) is 44.3 Å². The van der Waals surface area contributed by atoms with Gasteiger partial charge in [0.2, 0.25) is 0 Å². The maximum absolute atomic E-state index is 12.4. The molecule has 3 aromatic rings. The van der Waals surface area contributed by atoms with Crippen LogP contribution in [0, 0.1) is 11.3 Å². The van der Waals surface area contributed by atoms with E-state index in [0.29, 0.717) is 28.3 Å². The first-order chi connectivity index (χ1) is 17.8. The second-order valence-electron chi connectivity index (χ2n) is 10.6. The first-order valence-corrected chi connectivity index (χ1v) is 13.2. The number of fused-ring (bicyclic) bond motifs is 1.